The van der Waals surface area contributed by atoms with Gasteiger partial charge in [0.2, 0.25) is 0 Å². The molecule has 22 heavy (non-hydrogen) atoms. The molecular weight excluding hydrogens is 284 g/mol. The van der Waals surface area contributed by atoms with Gasteiger partial charge in [0, 0.05) is 6.54 Å². The van der Waals surface area contributed by atoms with Crippen molar-refractivity contribution in [2.75, 3.05) is 13.2 Å². The van der Waals surface area contributed by atoms with Crippen LogP contribution in [-0.4, -0.2) is 34.7 Å². The summed E-state index contributed by atoms with van der Waals surface area (Å²) in [5.41, 5.74) is 1.08. The Balaban J connectivity index is 2.36. The van der Waals surface area contributed by atoms with Crippen LogP contribution in [0, 0.1) is 0 Å². The average Bonchev–Trinajstić information content (AvgIpc) is 2.92. The maximum absolute atomic E-state index is 12.2. The predicted octanol–water partition coefficient (Wildman–Crippen LogP) is 2.28. The second-order valence-corrected chi connectivity index (χ2v) is 4.50. The third-order valence-corrected chi connectivity index (χ3v) is 2.97. The van der Waals surface area contributed by atoms with Crippen molar-refractivity contribution in [3.8, 4) is 0 Å². The van der Waals surface area contributed by atoms with Crippen LogP contribution < -0.4 is 0 Å². The fourth-order valence-electron chi connectivity index (χ4n) is 2.04. The van der Waals surface area contributed by atoms with E-state index in [2.05, 4.69) is 4.98 Å². The standard InChI is InChI=1S/C16H18N2O4/c1-3-21-15(19)13-14(16(20)22-4-2)18(11-17-13)10-12-8-6-5-7-9-12/h5-9,11H,3-4,10H2,1-2H3. The molecule has 0 atom stereocenters. The van der Waals surface area contributed by atoms with Crippen LogP contribution in [0.3, 0.4) is 0 Å². The molecule has 6 nitrogen and oxygen atoms in total. The Morgan fingerprint density at radius 2 is 1.68 bits per heavy atom. The molecule has 0 unspecified atom stereocenters. The molecule has 0 aliphatic heterocycles. The zero-order chi connectivity index (χ0) is 15.9. The molecule has 2 aromatic rings. The number of esters is 2. The summed E-state index contributed by atoms with van der Waals surface area (Å²) in [6, 6.07) is 9.58. The lowest BCUT2D eigenvalue weighted by molar-refractivity contribution is 0.0467. The van der Waals surface area contributed by atoms with Gasteiger partial charge in [-0.3, -0.25) is 0 Å². The summed E-state index contributed by atoms with van der Waals surface area (Å²) in [5.74, 6) is -1.21. The molecule has 6 heteroatoms. The van der Waals surface area contributed by atoms with E-state index in [0.717, 1.165) is 5.56 Å². The molecule has 116 valence electrons. The van der Waals surface area contributed by atoms with E-state index < -0.39 is 11.9 Å². The van der Waals surface area contributed by atoms with Gasteiger partial charge in [-0.05, 0) is 19.4 Å². The van der Waals surface area contributed by atoms with Gasteiger partial charge in [-0.25, -0.2) is 14.6 Å². The van der Waals surface area contributed by atoms with E-state index >= 15 is 0 Å². The Hall–Kier alpha value is -2.63. The van der Waals surface area contributed by atoms with Crippen molar-refractivity contribution >= 4 is 11.9 Å². The predicted molar refractivity (Wildman–Crippen MR) is 79.7 cm³/mol. The van der Waals surface area contributed by atoms with E-state index in [0.29, 0.717) is 6.54 Å². The minimum absolute atomic E-state index is 0.0174. The number of nitrogens with zero attached hydrogens (tertiary/aromatic N) is 2. The number of carbonyl (C=O) groups excluding carboxylic acids is 2. The number of benzene rings is 1. The Bertz CT molecular complexity index is 649. The smallest absolute Gasteiger partial charge is 0.359 e. The number of hydrogen-bond acceptors (Lipinski definition) is 5. The molecule has 0 amide bonds. The third kappa shape index (κ3) is 3.52. The van der Waals surface area contributed by atoms with E-state index in [9.17, 15) is 9.59 Å². The molecule has 0 N–H and O–H groups in total. The molecule has 0 aliphatic rings. The summed E-state index contributed by atoms with van der Waals surface area (Å²) >= 11 is 0. The topological polar surface area (TPSA) is 70.4 Å². The average molecular weight is 302 g/mol. The van der Waals surface area contributed by atoms with Crippen LogP contribution in [0.25, 0.3) is 0 Å². The second-order valence-electron chi connectivity index (χ2n) is 4.50. The SMILES string of the molecule is CCOC(=O)c1ncn(Cc2ccccc2)c1C(=O)OCC. The first-order valence-corrected chi connectivity index (χ1v) is 7.10. The quantitative estimate of drug-likeness (QED) is 0.766. The summed E-state index contributed by atoms with van der Waals surface area (Å²) < 4.78 is 11.6. The first-order chi connectivity index (χ1) is 10.7. The Morgan fingerprint density at radius 1 is 1.05 bits per heavy atom. The normalized spacial score (nSPS) is 10.3. The number of carbonyl (C=O) groups is 2. The van der Waals surface area contributed by atoms with E-state index in [1.54, 1.807) is 18.4 Å². The van der Waals surface area contributed by atoms with Crippen LogP contribution in [0.5, 0.6) is 0 Å². The molecule has 0 saturated heterocycles. The van der Waals surface area contributed by atoms with E-state index in [1.807, 2.05) is 30.3 Å². The van der Waals surface area contributed by atoms with Crippen LogP contribution in [0.2, 0.25) is 0 Å². The van der Waals surface area contributed by atoms with Gasteiger partial charge < -0.3 is 14.0 Å². The van der Waals surface area contributed by atoms with Crippen LogP contribution in [-0.2, 0) is 16.0 Å². The molecule has 2 rings (SSSR count). The van der Waals surface area contributed by atoms with Gasteiger partial charge in [-0.1, -0.05) is 30.3 Å². The lowest BCUT2D eigenvalue weighted by Crippen LogP contribution is -2.18. The van der Waals surface area contributed by atoms with Crippen LogP contribution in [0.1, 0.15) is 40.4 Å². The van der Waals surface area contributed by atoms with Crippen molar-refractivity contribution in [2.45, 2.75) is 20.4 Å². The van der Waals surface area contributed by atoms with Gasteiger partial charge in [0.15, 0.2) is 11.4 Å². The number of ether oxygens (including phenoxy) is 2. The number of imidazole rings is 1. The van der Waals surface area contributed by atoms with Crippen LogP contribution in [0.15, 0.2) is 36.7 Å². The summed E-state index contributed by atoms with van der Waals surface area (Å²) in [4.78, 5) is 28.1. The first-order valence-electron chi connectivity index (χ1n) is 7.10. The molecule has 0 spiro atoms. The van der Waals surface area contributed by atoms with E-state index in [4.69, 9.17) is 9.47 Å². The molecule has 0 bridgehead atoms. The minimum atomic E-state index is -0.627. The van der Waals surface area contributed by atoms with Gasteiger partial charge in [0.1, 0.15) is 0 Å². The molecule has 0 fully saturated rings. The lowest BCUT2D eigenvalue weighted by Gasteiger charge is -2.09. The summed E-state index contributed by atoms with van der Waals surface area (Å²) in [7, 11) is 0. The van der Waals surface area contributed by atoms with Gasteiger partial charge in [-0.2, -0.15) is 0 Å². The van der Waals surface area contributed by atoms with E-state index in [1.165, 1.54) is 6.33 Å². The highest BCUT2D eigenvalue weighted by Crippen LogP contribution is 2.14. The Labute approximate surface area is 128 Å². The fourth-order valence-corrected chi connectivity index (χ4v) is 2.04. The Morgan fingerprint density at radius 3 is 2.32 bits per heavy atom. The maximum Gasteiger partial charge on any atom is 0.359 e. The minimum Gasteiger partial charge on any atom is -0.461 e. The van der Waals surface area contributed by atoms with Gasteiger partial charge in [0.25, 0.3) is 0 Å². The van der Waals surface area contributed by atoms with E-state index in [-0.39, 0.29) is 24.6 Å². The third-order valence-electron chi connectivity index (χ3n) is 2.97. The van der Waals surface area contributed by atoms with Gasteiger partial charge in [0.05, 0.1) is 19.5 Å². The highest BCUT2D eigenvalue weighted by atomic mass is 16.5. The monoisotopic (exact) mass is 302 g/mol. The fraction of sp³-hybridized carbons (Fsp3) is 0.312. The van der Waals surface area contributed by atoms with Gasteiger partial charge in [-0.15, -0.1) is 0 Å². The van der Waals surface area contributed by atoms with Crippen molar-refractivity contribution in [2.24, 2.45) is 0 Å². The maximum atomic E-state index is 12.2. The molecular formula is C16H18N2O4. The lowest BCUT2D eigenvalue weighted by atomic mass is 10.2. The second kappa shape index (κ2) is 7.40. The summed E-state index contributed by atoms with van der Waals surface area (Å²) in [6.07, 6.45) is 1.45. The Kier molecular flexibility index (Phi) is 5.30. The molecule has 1 heterocycles. The van der Waals surface area contributed by atoms with Crippen LogP contribution in [0.4, 0.5) is 0 Å². The highest BCUT2D eigenvalue weighted by Gasteiger charge is 2.25. The molecule has 0 saturated carbocycles. The van der Waals surface area contributed by atoms with Gasteiger partial charge >= 0.3 is 11.9 Å². The summed E-state index contributed by atoms with van der Waals surface area (Å²) in [6.45, 7) is 4.26. The van der Waals surface area contributed by atoms with Crippen molar-refractivity contribution in [3.63, 3.8) is 0 Å². The first kappa shape index (κ1) is 15.8. The van der Waals surface area contributed by atoms with Crippen LogP contribution >= 0.6 is 0 Å². The largest absolute Gasteiger partial charge is 0.461 e. The molecule has 0 radical (unpaired) electrons. The van der Waals surface area contributed by atoms with Crippen molar-refractivity contribution in [3.05, 3.63) is 53.6 Å². The molecule has 1 aromatic carbocycles. The molecule has 0 aliphatic carbocycles. The zero-order valence-electron chi connectivity index (χ0n) is 12.6. The number of aromatic nitrogens is 2. The number of hydrogen-bond donors (Lipinski definition) is 0. The number of rotatable bonds is 6. The summed E-state index contributed by atoms with van der Waals surface area (Å²) in [5, 5.41) is 0. The molecule has 1 aromatic heterocycles. The van der Waals surface area contributed by atoms with Crippen molar-refractivity contribution < 1.29 is 19.1 Å². The van der Waals surface area contributed by atoms with Crippen molar-refractivity contribution in [1.29, 1.82) is 0 Å². The highest BCUT2D eigenvalue weighted by molar-refractivity contribution is 6.00. The van der Waals surface area contributed by atoms with Crippen molar-refractivity contribution in [1.82, 2.24) is 9.55 Å². The zero-order valence-corrected chi connectivity index (χ0v) is 12.6.